The van der Waals surface area contributed by atoms with E-state index < -0.39 is 0 Å². The maximum Gasteiger partial charge on any atom is 0.0306 e. The van der Waals surface area contributed by atoms with Crippen molar-refractivity contribution >= 4 is 0 Å². The third-order valence-electron chi connectivity index (χ3n) is 2.53. The predicted octanol–water partition coefficient (Wildman–Crippen LogP) is 1.31. The Morgan fingerprint density at radius 1 is 1.09 bits per heavy atom. The summed E-state index contributed by atoms with van der Waals surface area (Å²) in [5, 5.41) is 0. The first-order chi connectivity index (χ1) is 5.45. The first kappa shape index (κ1) is 7.56. The minimum absolute atomic E-state index is 0.958. The fourth-order valence-corrected chi connectivity index (χ4v) is 1.25. The second kappa shape index (κ2) is 3.55. The van der Waals surface area contributed by atoms with E-state index in [4.69, 9.17) is 0 Å². The van der Waals surface area contributed by atoms with Gasteiger partial charge in [0.2, 0.25) is 0 Å². The van der Waals surface area contributed by atoms with Gasteiger partial charge in [0.25, 0.3) is 0 Å². The lowest BCUT2D eigenvalue weighted by molar-refractivity contribution is 0.481. The van der Waals surface area contributed by atoms with E-state index in [-0.39, 0.29) is 0 Å². The summed E-state index contributed by atoms with van der Waals surface area (Å²) in [6, 6.07) is 0. The molecule has 0 aliphatic heterocycles. The minimum Gasteiger partial charge on any atom is -0.240 e. The fraction of sp³-hybridized carbons (Fsp3) is 1.00. The fourth-order valence-electron chi connectivity index (χ4n) is 1.25. The van der Waals surface area contributed by atoms with E-state index in [0.29, 0.717) is 0 Å². The van der Waals surface area contributed by atoms with Crippen LogP contribution in [0.4, 0.5) is 0 Å². The van der Waals surface area contributed by atoms with Crippen LogP contribution < -0.4 is 10.9 Å². The van der Waals surface area contributed by atoms with Crippen molar-refractivity contribution in [1.29, 1.82) is 0 Å². The van der Waals surface area contributed by atoms with Crippen LogP contribution in [0.3, 0.4) is 0 Å². The Morgan fingerprint density at radius 3 is 2.45 bits per heavy atom. The third-order valence-corrected chi connectivity index (χ3v) is 2.53. The Morgan fingerprint density at radius 2 is 1.82 bits per heavy atom. The van der Waals surface area contributed by atoms with Gasteiger partial charge in [-0.2, -0.15) is 5.43 Å². The monoisotopic (exact) mass is 153 g/mol. The van der Waals surface area contributed by atoms with Gasteiger partial charge in [0, 0.05) is 13.1 Å². The number of nitrogens with one attached hydrogen (secondary N) is 1. The standard InChI is InChI=1S/C9H17N2/c1-2-8(1)5-6-10-11-7-9-3-4-9/h8-9,11H,1-7H2. The molecule has 2 aliphatic carbocycles. The molecule has 1 N–H and O–H groups in total. The van der Waals surface area contributed by atoms with Gasteiger partial charge >= 0.3 is 0 Å². The molecule has 2 fully saturated rings. The molecule has 0 heterocycles. The minimum atomic E-state index is 0.958. The molecule has 0 atom stereocenters. The third kappa shape index (κ3) is 3.21. The Bertz CT molecular complexity index is 103. The summed E-state index contributed by atoms with van der Waals surface area (Å²) in [6.07, 6.45) is 7.07. The molecular weight excluding hydrogens is 136 g/mol. The van der Waals surface area contributed by atoms with E-state index >= 15 is 0 Å². The molecule has 0 saturated heterocycles. The molecule has 0 aromatic carbocycles. The molecule has 0 aromatic rings. The maximum atomic E-state index is 4.28. The van der Waals surface area contributed by atoms with Crippen LogP contribution in [0.2, 0.25) is 0 Å². The molecule has 2 saturated carbocycles. The zero-order valence-corrected chi connectivity index (χ0v) is 7.05. The number of hydrogen-bond donors (Lipinski definition) is 1. The van der Waals surface area contributed by atoms with Crippen molar-refractivity contribution < 1.29 is 0 Å². The molecule has 0 spiro atoms. The van der Waals surface area contributed by atoms with Gasteiger partial charge < -0.3 is 0 Å². The summed E-state index contributed by atoms with van der Waals surface area (Å²) in [5.74, 6) is 1.99. The van der Waals surface area contributed by atoms with Crippen LogP contribution in [-0.2, 0) is 0 Å². The summed E-state index contributed by atoms with van der Waals surface area (Å²) in [4.78, 5) is 0. The lowest BCUT2D eigenvalue weighted by Gasteiger charge is -2.01. The Kier molecular flexibility index (Phi) is 2.44. The average molecular weight is 153 g/mol. The molecule has 0 aromatic heterocycles. The van der Waals surface area contributed by atoms with Crippen LogP contribution >= 0.6 is 0 Å². The molecule has 2 aliphatic rings. The maximum absolute atomic E-state index is 4.28. The average Bonchev–Trinajstić information content (AvgIpc) is 2.83. The highest BCUT2D eigenvalue weighted by molar-refractivity contribution is 4.75. The van der Waals surface area contributed by atoms with Crippen molar-refractivity contribution in [2.24, 2.45) is 11.8 Å². The molecule has 1 radical (unpaired) electrons. The van der Waals surface area contributed by atoms with E-state index in [1.807, 2.05) is 0 Å². The Labute approximate surface area is 68.7 Å². The zero-order valence-electron chi connectivity index (χ0n) is 7.05. The molecule has 2 rings (SSSR count). The van der Waals surface area contributed by atoms with Crippen molar-refractivity contribution in [3.05, 3.63) is 0 Å². The molecule has 0 bridgehead atoms. The summed E-state index contributed by atoms with van der Waals surface area (Å²) < 4.78 is 0. The SMILES string of the molecule is C(CC1CC1)[N]NCC1CC1. The largest absolute Gasteiger partial charge is 0.240 e. The molecule has 2 nitrogen and oxygen atoms in total. The number of nitrogens with zero attached hydrogens (tertiary/aromatic N) is 1. The molecule has 0 amide bonds. The second-order valence-corrected chi connectivity index (χ2v) is 3.92. The molecular formula is C9H17N2. The van der Waals surface area contributed by atoms with Crippen LogP contribution in [-0.4, -0.2) is 13.1 Å². The van der Waals surface area contributed by atoms with E-state index in [1.165, 1.54) is 32.1 Å². The van der Waals surface area contributed by atoms with E-state index in [0.717, 1.165) is 24.9 Å². The number of rotatable bonds is 6. The van der Waals surface area contributed by atoms with Crippen LogP contribution in [0, 0.1) is 11.8 Å². The van der Waals surface area contributed by atoms with E-state index in [9.17, 15) is 0 Å². The van der Waals surface area contributed by atoms with Gasteiger partial charge in [-0.1, -0.05) is 12.8 Å². The van der Waals surface area contributed by atoms with Gasteiger partial charge in [0.1, 0.15) is 0 Å². The quantitative estimate of drug-likeness (QED) is 0.452. The van der Waals surface area contributed by atoms with Crippen LogP contribution in [0.5, 0.6) is 0 Å². The van der Waals surface area contributed by atoms with Gasteiger partial charge in [-0.25, -0.2) is 5.43 Å². The highest BCUT2D eigenvalue weighted by atomic mass is 15.3. The Balaban J connectivity index is 1.35. The summed E-state index contributed by atoms with van der Waals surface area (Å²) in [6.45, 7) is 2.17. The van der Waals surface area contributed by atoms with Crippen molar-refractivity contribution in [2.75, 3.05) is 13.1 Å². The summed E-state index contributed by atoms with van der Waals surface area (Å²) in [7, 11) is 0. The van der Waals surface area contributed by atoms with Crippen molar-refractivity contribution in [2.45, 2.75) is 32.1 Å². The summed E-state index contributed by atoms with van der Waals surface area (Å²) >= 11 is 0. The highest BCUT2D eigenvalue weighted by Gasteiger charge is 2.22. The second-order valence-electron chi connectivity index (χ2n) is 3.92. The van der Waals surface area contributed by atoms with Crippen molar-refractivity contribution in [3.63, 3.8) is 0 Å². The molecule has 0 unspecified atom stereocenters. The van der Waals surface area contributed by atoms with Gasteiger partial charge in [-0.05, 0) is 31.1 Å². The highest BCUT2D eigenvalue weighted by Crippen LogP contribution is 2.31. The lowest BCUT2D eigenvalue weighted by atomic mass is 10.3. The van der Waals surface area contributed by atoms with Gasteiger partial charge in [0.05, 0.1) is 0 Å². The lowest BCUT2D eigenvalue weighted by Crippen LogP contribution is -2.27. The van der Waals surface area contributed by atoms with Crippen molar-refractivity contribution in [1.82, 2.24) is 10.9 Å². The van der Waals surface area contributed by atoms with Gasteiger partial charge in [-0.3, -0.25) is 0 Å². The molecule has 2 heteroatoms. The van der Waals surface area contributed by atoms with Gasteiger partial charge in [0.15, 0.2) is 0 Å². The van der Waals surface area contributed by atoms with Crippen molar-refractivity contribution in [3.8, 4) is 0 Å². The van der Waals surface area contributed by atoms with Crippen LogP contribution in [0.1, 0.15) is 32.1 Å². The van der Waals surface area contributed by atoms with E-state index in [2.05, 4.69) is 10.9 Å². The Hall–Kier alpha value is -0.0800. The van der Waals surface area contributed by atoms with Crippen LogP contribution in [0.15, 0.2) is 0 Å². The molecule has 63 valence electrons. The first-order valence-corrected chi connectivity index (χ1v) is 4.84. The topological polar surface area (TPSA) is 26.1 Å². The van der Waals surface area contributed by atoms with Crippen LogP contribution in [0.25, 0.3) is 0 Å². The zero-order chi connectivity index (χ0) is 7.52. The smallest absolute Gasteiger partial charge is 0.0306 e. The normalized spacial score (nSPS) is 24.0. The molecule has 11 heavy (non-hydrogen) atoms. The first-order valence-electron chi connectivity index (χ1n) is 4.84. The summed E-state index contributed by atoms with van der Waals surface area (Å²) in [5.41, 5.74) is 7.44. The predicted molar refractivity (Wildman–Crippen MR) is 45.1 cm³/mol. The van der Waals surface area contributed by atoms with Gasteiger partial charge in [-0.15, -0.1) is 0 Å². The van der Waals surface area contributed by atoms with E-state index in [1.54, 1.807) is 0 Å². The number of hydrogen-bond acceptors (Lipinski definition) is 1.